The highest BCUT2D eigenvalue weighted by Crippen LogP contribution is 2.46. The van der Waals surface area contributed by atoms with Crippen molar-refractivity contribution in [3.05, 3.63) is 164 Å². The lowest BCUT2D eigenvalue weighted by molar-refractivity contribution is 0.670. The fraction of sp³-hybridized carbons (Fsp3) is 0. The molecule has 0 saturated heterocycles. The Morgan fingerprint density at radius 1 is 0.429 bits per heavy atom. The van der Waals surface area contributed by atoms with Crippen LogP contribution in [-0.2, 0) is 0 Å². The van der Waals surface area contributed by atoms with Crippen LogP contribution in [0.5, 0.6) is 0 Å². The summed E-state index contributed by atoms with van der Waals surface area (Å²) in [4.78, 5) is 2.34. The first-order valence-electron chi connectivity index (χ1n) is 14.3. The second-order valence-corrected chi connectivity index (χ2v) is 10.6. The van der Waals surface area contributed by atoms with Crippen LogP contribution < -0.4 is 4.90 Å². The van der Waals surface area contributed by atoms with Gasteiger partial charge in [0.05, 0.1) is 11.1 Å². The third kappa shape index (κ3) is 4.05. The third-order valence-electron chi connectivity index (χ3n) is 8.04. The van der Waals surface area contributed by atoms with Crippen LogP contribution in [0.2, 0.25) is 0 Å². The number of rotatable bonds is 5. The van der Waals surface area contributed by atoms with Gasteiger partial charge in [-0.2, -0.15) is 0 Å². The topological polar surface area (TPSA) is 16.4 Å². The van der Waals surface area contributed by atoms with E-state index in [-0.39, 0.29) is 0 Å². The van der Waals surface area contributed by atoms with E-state index < -0.39 is 0 Å². The number of fused-ring (bicyclic) bond motifs is 4. The third-order valence-corrected chi connectivity index (χ3v) is 8.04. The molecule has 2 heteroatoms. The van der Waals surface area contributed by atoms with Crippen LogP contribution in [0.15, 0.2) is 168 Å². The Bertz CT molecular complexity index is 2160. The number of hydrogen-bond donors (Lipinski definition) is 0. The maximum absolute atomic E-state index is 6.76. The first-order chi connectivity index (χ1) is 20.8. The molecular formula is C40H27NO. The molecular weight excluding hydrogens is 510 g/mol. The van der Waals surface area contributed by atoms with Crippen LogP contribution >= 0.6 is 0 Å². The van der Waals surface area contributed by atoms with Gasteiger partial charge < -0.3 is 9.32 Å². The fourth-order valence-electron chi connectivity index (χ4n) is 6.12. The van der Waals surface area contributed by atoms with E-state index in [2.05, 4.69) is 169 Å². The molecule has 7 aromatic carbocycles. The molecule has 0 amide bonds. The normalized spacial score (nSPS) is 11.3. The number of furan rings is 1. The second kappa shape index (κ2) is 10.1. The van der Waals surface area contributed by atoms with Gasteiger partial charge in [-0.3, -0.25) is 0 Å². The van der Waals surface area contributed by atoms with Crippen molar-refractivity contribution in [2.75, 3.05) is 4.90 Å². The van der Waals surface area contributed by atoms with Crippen LogP contribution in [0.25, 0.3) is 55.0 Å². The molecule has 8 aromatic rings. The van der Waals surface area contributed by atoms with Crippen LogP contribution in [0.1, 0.15) is 0 Å². The molecule has 0 saturated carbocycles. The van der Waals surface area contributed by atoms with E-state index in [0.717, 1.165) is 50.1 Å². The molecule has 2 nitrogen and oxygen atoms in total. The summed E-state index contributed by atoms with van der Waals surface area (Å²) >= 11 is 0. The standard InChI is InChI=1S/C40H27NO/c1-4-13-28(14-5-1)29-23-25-33(26-24-29)41(32-18-8-3-9-19-32)36-21-12-22-37-39(36)35-27-31-17-10-11-20-34(31)38(40(35)42-37)30-15-6-2-7-16-30/h1-27H. The quantitative estimate of drug-likeness (QED) is 0.217. The maximum atomic E-state index is 6.76. The molecule has 198 valence electrons. The van der Waals surface area contributed by atoms with Gasteiger partial charge in [-0.15, -0.1) is 0 Å². The van der Waals surface area contributed by atoms with Crippen molar-refractivity contribution in [1.29, 1.82) is 0 Å². The summed E-state index contributed by atoms with van der Waals surface area (Å²) in [5.41, 5.74) is 9.73. The molecule has 0 N–H and O–H groups in total. The Kier molecular flexibility index (Phi) is 5.82. The molecule has 1 heterocycles. The van der Waals surface area contributed by atoms with Crippen LogP contribution in [0.4, 0.5) is 17.1 Å². The zero-order valence-electron chi connectivity index (χ0n) is 22.9. The van der Waals surface area contributed by atoms with E-state index in [1.54, 1.807) is 0 Å². The highest BCUT2D eigenvalue weighted by Gasteiger charge is 2.22. The van der Waals surface area contributed by atoms with Crippen LogP contribution in [0, 0.1) is 0 Å². The summed E-state index contributed by atoms with van der Waals surface area (Å²) in [5.74, 6) is 0. The summed E-state index contributed by atoms with van der Waals surface area (Å²) in [6, 6.07) is 57.7. The van der Waals surface area contributed by atoms with Gasteiger partial charge in [0.1, 0.15) is 11.2 Å². The Labute approximate surface area is 244 Å². The lowest BCUT2D eigenvalue weighted by atomic mass is 9.95. The average Bonchev–Trinajstić information content (AvgIpc) is 3.44. The van der Waals surface area contributed by atoms with Gasteiger partial charge in [-0.25, -0.2) is 0 Å². The molecule has 42 heavy (non-hydrogen) atoms. The lowest BCUT2D eigenvalue weighted by Crippen LogP contribution is -2.10. The molecule has 0 atom stereocenters. The predicted molar refractivity (Wildman–Crippen MR) is 177 cm³/mol. The fourth-order valence-corrected chi connectivity index (χ4v) is 6.12. The van der Waals surface area contributed by atoms with Crippen molar-refractivity contribution < 1.29 is 4.42 Å². The van der Waals surface area contributed by atoms with E-state index in [0.29, 0.717) is 0 Å². The predicted octanol–water partition coefficient (Wildman–Crippen LogP) is 11.5. The molecule has 0 fully saturated rings. The minimum absolute atomic E-state index is 0.872. The molecule has 0 unspecified atom stereocenters. The van der Waals surface area contributed by atoms with Gasteiger partial charge in [0.25, 0.3) is 0 Å². The summed E-state index contributed by atoms with van der Waals surface area (Å²) < 4.78 is 6.76. The number of hydrogen-bond acceptors (Lipinski definition) is 2. The van der Waals surface area contributed by atoms with Crippen molar-refractivity contribution >= 4 is 49.8 Å². The van der Waals surface area contributed by atoms with Crippen LogP contribution in [0.3, 0.4) is 0 Å². The van der Waals surface area contributed by atoms with E-state index >= 15 is 0 Å². The second-order valence-electron chi connectivity index (χ2n) is 10.6. The zero-order chi connectivity index (χ0) is 27.9. The van der Waals surface area contributed by atoms with Gasteiger partial charge in [-0.1, -0.05) is 121 Å². The maximum Gasteiger partial charge on any atom is 0.143 e. The van der Waals surface area contributed by atoms with Crippen molar-refractivity contribution in [3.63, 3.8) is 0 Å². The van der Waals surface area contributed by atoms with Crippen molar-refractivity contribution in [2.45, 2.75) is 0 Å². The summed E-state index contributed by atoms with van der Waals surface area (Å²) in [7, 11) is 0. The molecule has 0 radical (unpaired) electrons. The minimum Gasteiger partial charge on any atom is -0.455 e. The van der Waals surface area contributed by atoms with Gasteiger partial charge in [0.15, 0.2) is 0 Å². The van der Waals surface area contributed by atoms with Gasteiger partial charge in [-0.05, 0) is 69.9 Å². The van der Waals surface area contributed by atoms with Gasteiger partial charge >= 0.3 is 0 Å². The summed E-state index contributed by atoms with van der Waals surface area (Å²) in [5, 5.41) is 4.60. The Morgan fingerprint density at radius 3 is 1.76 bits per heavy atom. The zero-order valence-corrected chi connectivity index (χ0v) is 22.9. The molecule has 8 rings (SSSR count). The monoisotopic (exact) mass is 537 g/mol. The smallest absolute Gasteiger partial charge is 0.143 e. The Morgan fingerprint density at radius 2 is 1.02 bits per heavy atom. The lowest BCUT2D eigenvalue weighted by Gasteiger charge is -2.26. The van der Waals surface area contributed by atoms with Gasteiger partial charge in [0, 0.05) is 22.3 Å². The van der Waals surface area contributed by atoms with Crippen LogP contribution in [-0.4, -0.2) is 0 Å². The highest BCUT2D eigenvalue weighted by atomic mass is 16.3. The first-order valence-corrected chi connectivity index (χ1v) is 14.3. The van der Waals surface area contributed by atoms with E-state index in [1.807, 2.05) is 0 Å². The Hall–Kier alpha value is -5.60. The summed E-state index contributed by atoms with van der Waals surface area (Å²) in [6.45, 7) is 0. The molecule has 0 spiro atoms. The number of anilines is 3. The Balaban J connectivity index is 1.40. The van der Waals surface area contributed by atoms with Crippen molar-refractivity contribution in [3.8, 4) is 22.3 Å². The van der Waals surface area contributed by atoms with E-state index in [9.17, 15) is 0 Å². The molecule has 0 aliphatic rings. The van der Waals surface area contributed by atoms with Gasteiger partial charge in [0.2, 0.25) is 0 Å². The van der Waals surface area contributed by atoms with Crippen molar-refractivity contribution in [2.24, 2.45) is 0 Å². The molecule has 0 bridgehead atoms. The molecule has 0 aliphatic carbocycles. The number of benzene rings is 7. The van der Waals surface area contributed by atoms with Crippen molar-refractivity contribution in [1.82, 2.24) is 0 Å². The number of nitrogens with zero attached hydrogens (tertiary/aromatic N) is 1. The highest BCUT2D eigenvalue weighted by molar-refractivity contribution is 6.21. The molecule has 0 aliphatic heterocycles. The average molecular weight is 538 g/mol. The largest absolute Gasteiger partial charge is 0.455 e. The first kappa shape index (κ1) is 24.2. The minimum atomic E-state index is 0.872. The summed E-state index contributed by atoms with van der Waals surface area (Å²) in [6.07, 6.45) is 0. The SMILES string of the molecule is c1ccc(-c2ccc(N(c3ccccc3)c3cccc4oc5c(-c6ccccc6)c6ccccc6cc5c34)cc2)cc1. The molecule has 1 aromatic heterocycles. The number of para-hydroxylation sites is 1. The van der Waals surface area contributed by atoms with E-state index in [4.69, 9.17) is 4.42 Å². The van der Waals surface area contributed by atoms with E-state index in [1.165, 1.54) is 21.9 Å².